The van der Waals surface area contributed by atoms with Gasteiger partial charge >= 0.3 is 6.36 Å². The maximum absolute atomic E-state index is 14.7. The quantitative estimate of drug-likeness (QED) is 0.554. The summed E-state index contributed by atoms with van der Waals surface area (Å²) < 4.78 is 55.4. The molecule has 8 nitrogen and oxygen atoms in total. The van der Waals surface area contributed by atoms with Crippen LogP contribution in [0, 0.1) is 17.7 Å². The van der Waals surface area contributed by atoms with Crippen LogP contribution < -0.4 is 4.74 Å². The molecule has 2 aromatic carbocycles. The lowest BCUT2D eigenvalue weighted by Gasteiger charge is -2.22. The molecule has 0 spiro atoms. The van der Waals surface area contributed by atoms with Crippen molar-refractivity contribution in [1.82, 2.24) is 25.2 Å². The van der Waals surface area contributed by atoms with E-state index in [1.165, 1.54) is 30.3 Å². The van der Waals surface area contributed by atoms with E-state index in [4.69, 9.17) is 0 Å². The number of ether oxygens (including phenoxy) is 1. The van der Waals surface area contributed by atoms with Gasteiger partial charge in [-0.05, 0) is 36.2 Å². The molecule has 0 saturated carbocycles. The summed E-state index contributed by atoms with van der Waals surface area (Å²) in [6.07, 6.45) is -4.12. The third-order valence-corrected chi connectivity index (χ3v) is 6.58. The zero-order chi connectivity index (χ0) is 24.7. The van der Waals surface area contributed by atoms with Crippen LogP contribution in [-0.4, -0.2) is 69.6 Å². The molecule has 0 unspecified atom stereocenters. The molecule has 184 valence electrons. The van der Waals surface area contributed by atoms with Crippen molar-refractivity contribution in [3.05, 3.63) is 53.3 Å². The smallest absolute Gasteiger partial charge is 0.406 e. The largest absolute Gasteiger partial charge is 0.573 e. The molecule has 0 radical (unpaired) electrons. The first kappa shape index (κ1) is 23.1. The Hall–Kier alpha value is -3.70. The van der Waals surface area contributed by atoms with E-state index in [1.807, 2.05) is 0 Å². The van der Waals surface area contributed by atoms with Crippen molar-refractivity contribution in [3.63, 3.8) is 0 Å². The molecule has 2 aliphatic rings. The van der Waals surface area contributed by atoms with Gasteiger partial charge in [-0.3, -0.25) is 14.7 Å². The summed E-state index contributed by atoms with van der Waals surface area (Å²) in [6.45, 7) is 1.89. The van der Waals surface area contributed by atoms with Crippen molar-refractivity contribution in [3.8, 4) is 5.75 Å². The first-order chi connectivity index (χ1) is 16.7. The summed E-state index contributed by atoms with van der Waals surface area (Å²) >= 11 is 0. The molecule has 35 heavy (non-hydrogen) atoms. The Morgan fingerprint density at radius 3 is 2.31 bits per heavy atom. The fourth-order valence-electron chi connectivity index (χ4n) is 4.85. The number of aryl methyl sites for hydroxylation is 1. The van der Waals surface area contributed by atoms with Crippen LogP contribution in [0.5, 0.6) is 5.75 Å². The second kappa shape index (κ2) is 8.82. The number of benzene rings is 2. The second-order valence-corrected chi connectivity index (χ2v) is 8.86. The first-order valence-electron chi connectivity index (χ1n) is 11.1. The maximum Gasteiger partial charge on any atom is 0.573 e. The molecule has 2 aliphatic heterocycles. The fraction of sp³-hybridized carbons (Fsp3) is 0.391. The number of aromatic amines is 1. The van der Waals surface area contributed by atoms with Crippen LogP contribution in [0.15, 0.2) is 36.4 Å². The molecule has 12 heteroatoms. The van der Waals surface area contributed by atoms with Gasteiger partial charge in [-0.25, -0.2) is 4.39 Å². The number of hydrogen-bond acceptors (Lipinski definition) is 5. The monoisotopic (exact) mass is 491 g/mol. The van der Waals surface area contributed by atoms with E-state index >= 15 is 0 Å². The van der Waals surface area contributed by atoms with Gasteiger partial charge in [0, 0.05) is 44.4 Å². The van der Waals surface area contributed by atoms with Gasteiger partial charge in [-0.2, -0.15) is 0 Å². The van der Waals surface area contributed by atoms with E-state index in [0.717, 1.165) is 5.56 Å². The van der Waals surface area contributed by atoms with Crippen molar-refractivity contribution in [2.45, 2.75) is 19.2 Å². The highest BCUT2D eigenvalue weighted by Crippen LogP contribution is 2.33. The number of rotatable bonds is 5. The van der Waals surface area contributed by atoms with Gasteiger partial charge in [0.15, 0.2) is 5.82 Å². The van der Waals surface area contributed by atoms with Crippen LogP contribution in [0.25, 0.3) is 11.0 Å². The predicted molar refractivity (Wildman–Crippen MR) is 115 cm³/mol. The number of carbonyl (C=O) groups excluding carboxylic acids is 2. The highest BCUT2D eigenvalue weighted by atomic mass is 19.4. The molecule has 3 heterocycles. The number of amides is 2. The van der Waals surface area contributed by atoms with Crippen LogP contribution >= 0.6 is 0 Å². The lowest BCUT2D eigenvalue weighted by molar-refractivity contribution is -0.274. The molecule has 5 rings (SSSR count). The van der Waals surface area contributed by atoms with E-state index in [-0.39, 0.29) is 41.0 Å². The average molecular weight is 491 g/mol. The summed E-state index contributed by atoms with van der Waals surface area (Å²) in [5.74, 6) is -1.23. The lowest BCUT2D eigenvalue weighted by Crippen LogP contribution is -2.36. The van der Waals surface area contributed by atoms with Gasteiger partial charge in [0.2, 0.25) is 5.91 Å². The Labute approximate surface area is 196 Å². The maximum atomic E-state index is 14.7. The molecule has 3 aromatic rings. The number of fused-ring (bicyclic) bond motifs is 2. The summed E-state index contributed by atoms with van der Waals surface area (Å²) in [4.78, 5) is 29.0. The third kappa shape index (κ3) is 4.77. The summed E-state index contributed by atoms with van der Waals surface area (Å²) in [5, 5.41) is 9.81. The van der Waals surface area contributed by atoms with Crippen LogP contribution in [0.4, 0.5) is 17.6 Å². The molecule has 2 saturated heterocycles. The van der Waals surface area contributed by atoms with Gasteiger partial charge < -0.3 is 14.5 Å². The molecule has 2 amide bonds. The van der Waals surface area contributed by atoms with Crippen molar-refractivity contribution in [2.75, 3.05) is 26.2 Å². The number of halogens is 4. The third-order valence-electron chi connectivity index (χ3n) is 6.58. The molecule has 2 atom stereocenters. The lowest BCUT2D eigenvalue weighted by atomic mass is 10.0. The first-order valence-corrected chi connectivity index (χ1v) is 11.1. The van der Waals surface area contributed by atoms with Gasteiger partial charge in [0.25, 0.3) is 5.91 Å². The second-order valence-electron chi connectivity index (χ2n) is 8.86. The van der Waals surface area contributed by atoms with Crippen molar-refractivity contribution in [2.24, 2.45) is 11.8 Å². The number of nitrogens with zero attached hydrogens (tertiary/aromatic N) is 4. The number of nitrogens with one attached hydrogen (secondary N) is 1. The number of carbonyl (C=O) groups is 2. The Bertz CT molecular complexity index is 1250. The van der Waals surface area contributed by atoms with E-state index in [2.05, 4.69) is 20.1 Å². The standard InChI is InChI=1S/C23H21F4N5O3/c24-20-17(6-7-18-21(20)29-30-28-18)22(34)32-11-14-9-31(10-15(14)12-32)19(33)8-3-13-1-4-16(5-2-13)35-23(25,26)27/h1-2,4-7,14-15H,3,8-12H2,(H,28,29,30)/t14-,15-/m1/s1. The fourth-order valence-corrected chi connectivity index (χ4v) is 4.85. The zero-order valence-corrected chi connectivity index (χ0v) is 18.4. The summed E-state index contributed by atoms with van der Waals surface area (Å²) in [7, 11) is 0. The molecular weight excluding hydrogens is 470 g/mol. The van der Waals surface area contributed by atoms with E-state index in [0.29, 0.717) is 38.1 Å². The van der Waals surface area contributed by atoms with Gasteiger partial charge in [0.05, 0.1) is 11.1 Å². The molecule has 0 aliphatic carbocycles. The number of likely N-dealkylation sites (tertiary alicyclic amines) is 2. The van der Waals surface area contributed by atoms with Crippen LogP contribution in [0.1, 0.15) is 22.3 Å². The number of aromatic nitrogens is 3. The van der Waals surface area contributed by atoms with E-state index in [1.54, 1.807) is 15.9 Å². The Kier molecular flexibility index (Phi) is 5.81. The highest BCUT2D eigenvalue weighted by molar-refractivity contribution is 5.98. The van der Waals surface area contributed by atoms with E-state index < -0.39 is 18.1 Å². The molecule has 0 bridgehead atoms. The zero-order valence-electron chi connectivity index (χ0n) is 18.4. The summed E-state index contributed by atoms with van der Waals surface area (Å²) in [6, 6.07) is 8.45. The number of H-pyrrole nitrogens is 1. The SMILES string of the molecule is O=C(CCc1ccc(OC(F)(F)F)cc1)N1C[C@@H]2CN(C(=O)c3ccc4[nH]nnc4c3F)C[C@H]2C1. The normalized spacial score (nSPS) is 19.9. The molecule has 1 aromatic heterocycles. The number of hydrogen-bond donors (Lipinski definition) is 1. The van der Waals surface area contributed by atoms with Crippen LogP contribution in [0.2, 0.25) is 0 Å². The van der Waals surface area contributed by atoms with Gasteiger partial charge in [-0.15, -0.1) is 18.3 Å². The average Bonchev–Trinajstić information content (AvgIpc) is 3.52. The summed E-state index contributed by atoms with van der Waals surface area (Å²) in [5.41, 5.74) is 1.12. The minimum absolute atomic E-state index is 0.0227. The van der Waals surface area contributed by atoms with Gasteiger partial charge in [-0.1, -0.05) is 17.3 Å². The molecule has 1 N–H and O–H groups in total. The Morgan fingerprint density at radius 2 is 1.66 bits per heavy atom. The Morgan fingerprint density at radius 1 is 1.00 bits per heavy atom. The van der Waals surface area contributed by atoms with Crippen molar-refractivity contribution >= 4 is 22.8 Å². The van der Waals surface area contributed by atoms with Crippen molar-refractivity contribution < 1.29 is 31.9 Å². The van der Waals surface area contributed by atoms with Gasteiger partial charge in [0.1, 0.15) is 11.3 Å². The molecule has 2 fully saturated rings. The predicted octanol–water partition coefficient (Wildman–Crippen LogP) is 3.16. The number of alkyl halides is 3. The topological polar surface area (TPSA) is 91.4 Å². The molecular formula is C23H21F4N5O3. The Balaban J connectivity index is 1.13. The highest BCUT2D eigenvalue weighted by Gasteiger charge is 2.43. The van der Waals surface area contributed by atoms with Crippen molar-refractivity contribution in [1.29, 1.82) is 0 Å². The minimum Gasteiger partial charge on any atom is -0.406 e. The van der Waals surface area contributed by atoms with E-state index in [9.17, 15) is 27.2 Å². The minimum atomic E-state index is -4.75. The van der Waals surface area contributed by atoms with Crippen LogP contribution in [0.3, 0.4) is 0 Å². The van der Waals surface area contributed by atoms with Crippen LogP contribution in [-0.2, 0) is 11.2 Å².